The fraction of sp³-hybridized carbons (Fsp3) is 0.524. The first kappa shape index (κ1) is 18.6. The maximum Gasteiger partial charge on any atom is 0.257 e. The molecule has 5 nitrogen and oxygen atoms in total. The number of carbonyl (C=O) groups excluding carboxylic acids is 1. The first-order chi connectivity index (χ1) is 12.4. The lowest BCUT2D eigenvalue weighted by Crippen LogP contribution is -2.45. The molecule has 1 aliphatic heterocycles. The summed E-state index contributed by atoms with van der Waals surface area (Å²) in [4.78, 5) is 15.2. The van der Waals surface area contributed by atoms with Gasteiger partial charge in [-0.1, -0.05) is 31.5 Å². The van der Waals surface area contributed by atoms with E-state index in [0.717, 1.165) is 37.3 Å². The lowest BCUT2D eigenvalue weighted by Gasteiger charge is -2.34. The second kappa shape index (κ2) is 7.62. The van der Waals surface area contributed by atoms with E-state index in [-0.39, 0.29) is 17.9 Å². The molecule has 0 bridgehead atoms. The average Bonchev–Trinajstić information content (AvgIpc) is 3.07. The molecule has 0 aliphatic carbocycles. The van der Waals surface area contributed by atoms with E-state index >= 15 is 0 Å². The van der Waals surface area contributed by atoms with Crippen LogP contribution < -0.4 is 5.73 Å². The zero-order valence-electron chi connectivity index (χ0n) is 16.3. The molecule has 2 heterocycles. The SMILES string of the molecule is Cc1ccc(-n2ncc(C(=O)N3CCCC(C(C)N)C3)c2C(C)C)cc1. The number of rotatable bonds is 4. The predicted octanol–water partition coefficient (Wildman–Crippen LogP) is 3.50. The number of nitrogens with zero attached hydrogens (tertiary/aromatic N) is 3. The molecule has 1 fully saturated rings. The third kappa shape index (κ3) is 3.68. The average molecular weight is 354 g/mol. The van der Waals surface area contributed by atoms with E-state index in [1.54, 1.807) is 6.20 Å². The van der Waals surface area contributed by atoms with Gasteiger partial charge < -0.3 is 10.6 Å². The van der Waals surface area contributed by atoms with Crippen molar-refractivity contribution < 1.29 is 4.79 Å². The largest absolute Gasteiger partial charge is 0.338 e. The van der Waals surface area contributed by atoms with Crippen LogP contribution in [0, 0.1) is 12.8 Å². The molecule has 0 spiro atoms. The second-order valence-corrected chi connectivity index (χ2v) is 7.86. The number of piperidine rings is 1. The molecule has 2 N–H and O–H groups in total. The van der Waals surface area contributed by atoms with Crippen molar-refractivity contribution in [3.05, 3.63) is 47.3 Å². The van der Waals surface area contributed by atoms with E-state index in [4.69, 9.17) is 5.73 Å². The topological polar surface area (TPSA) is 64.2 Å². The lowest BCUT2D eigenvalue weighted by atomic mass is 9.91. The Hall–Kier alpha value is -2.14. The molecule has 26 heavy (non-hydrogen) atoms. The third-order valence-corrected chi connectivity index (χ3v) is 5.35. The number of hydrogen-bond donors (Lipinski definition) is 1. The van der Waals surface area contributed by atoms with E-state index in [1.807, 2.05) is 16.5 Å². The van der Waals surface area contributed by atoms with Gasteiger partial charge in [0.05, 0.1) is 23.1 Å². The highest BCUT2D eigenvalue weighted by Crippen LogP contribution is 2.27. The Morgan fingerprint density at radius 2 is 1.92 bits per heavy atom. The maximum absolute atomic E-state index is 13.2. The molecule has 1 aliphatic rings. The summed E-state index contributed by atoms with van der Waals surface area (Å²) in [5.74, 6) is 0.659. The van der Waals surface area contributed by atoms with Gasteiger partial charge in [0, 0.05) is 19.1 Å². The van der Waals surface area contributed by atoms with Crippen LogP contribution in [-0.4, -0.2) is 39.7 Å². The van der Waals surface area contributed by atoms with Gasteiger partial charge in [0.15, 0.2) is 0 Å². The Balaban J connectivity index is 1.92. The fourth-order valence-electron chi connectivity index (χ4n) is 3.76. The molecule has 1 amide bonds. The Kier molecular flexibility index (Phi) is 5.47. The van der Waals surface area contributed by atoms with Gasteiger partial charge in [0.2, 0.25) is 0 Å². The molecule has 0 radical (unpaired) electrons. The molecule has 1 aromatic carbocycles. The molecule has 0 saturated carbocycles. The zero-order valence-corrected chi connectivity index (χ0v) is 16.3. The molecule has 1 aromatic heterocycles. The van der Waals surface area contributed by atoms with Gasteiger partial charge in [-0.3, -0.25) is 4.79 Å². The van der Waals surface area contributed by atoms with Crippen LogP contribution in [0.2, 0.25) is 0 Å². The van der Waals surface area contributed by atoms with Crippen LogP contribution in [0.3, 0.4) is 0 Å². The highest BCUT2D eigenvalue weighted by atomic mass is 16.2. The minimum absolute atomic E-state index is 0.0809. The summed E-state index contributed by atoms with van der Waals surface area (Å²) in [6.07, 6.45) is 3.84. The highest BCUT2D eigenvalue weighted by molar-refractivity contribution is 5.95. The van der Waals surface area contributed by atoms with Gasteiger partial charge in [-0.25, -0.2) is 4.68 Å². The molecule has 140 valence electrons. The van der Waals surface area contributed by atoms with Crippen LogP contribution in [0.5, 0.6) is 0 Å². The van der Waals surface area contributed by atoms with Crippen molar-refractivity contribution in [3.63, 3.8) is 0 Å². The van der Waals surface area contributed by atoms with E-state index in [2.05, 4.69) is 50.1 Å². The van der Waals surface area contributed by atoms with Gasteiger partial charge in [0.25, 0.3) is 5.91 Å². The Morgan fingerprint density at radius 3 is 2.54 bits per heavy atom. The first-order valence-corrected chi connectivity index (χ1v) is 9.58. The van der Waals surface area contributed by atoms with E-state index in [1.165, 1.54) is 5.56 Å². The molecule has 2 atom stereocenters. The van der Waals surface area contributed by atoms with Crippen molar-refractivity contribution in [1.29, 1.82) is 0 Å². The summed E-state index contributed by atoms with van der Waals surface area (Å²) >= 11 is 0. The number of benzene rings is 1. The zero-order chi connectivity index (χ0) is 18.8. The second-order valence-electron chi connectivity index (χ2n) is 7.86. The summed E-state index contributed by atoms with van der Waals surface area (Å²) in [6, 6.07) is 8.36. The molecule has 2 unspecified atom stereocenters. The molecule has 5 heteroatoms. The minimum atomic E-state index is 0.0809. The Morgan fingerprint density at radius 1 is 1.23 bits per heavy atom. The predicted molar refractivity (Wildman–Crippen MR) is 105 cm³/mol. The smallest absolute Gasteiger partial charge is 0.257 e. The van der Waals surface area contributed by atoms with Crippen LogP contribution in [0.1, 0.15) is 61.1 Å². The summed E-state index contributed by atoms with van der Waals surface area (Å²) in [7, 11) is 0. The molecular formula is C21H30N4O. The van der Waals surface area contributed by atoms with Crippen LogP contribution >= 0.6 is 0 Å². The van der Waals surface area contributed by atoms with E-state index in [0.29, 0.717) is 11.5 Å². The van der Waals surface area contributed by atoms with Gasteiger partial charge in [0.1, 0.15) is 0 Å². The van der Waals surface area contributed by atoms with Crippen molar-refractivity contribution in [1.82, 2.24) is 14.7 Å². The molecule has 2 aromatic rings. The van der Waals surface area contributed by atoms with Crippen molar-refractivity contribution in [2.75, 3.05) is 13.1 Å². The van der Waals surface area contributed by atoms with Gasteiger partial charge in [-0.2, -0.15) is 5.10 Å². The number of hydrogen-bond acceptors (Lipinski definition) is 3. The van der Waals surface area contributed by atoms with Crippen molar-refractivity contribution in [2.24, 2.45) is 11.7 Å². The van der Waals surface area contributed by atoms with Gasteiger partial charge in [-0.15, -0.1) is 0 Å². The number of nitrogens with two attached hydrogens (primary N) is 1. The molecule has 1 saturated heterocycles. The summed E-state index contributed by atoms with van der Waals surface area (Å²) in [5, 5.41) is 4.55. The summed E-state index contributed by atoms with van der Waals surface area (Å²) in [5.41, 5.74) is 9.97. The van der Waals surface area contributed by atoms with Gasteiger partial charge >= 0.3 is 0 Å². The van der Waals surface area contributed by atoms with Crippen LogP contribution in [0.4, 0.5) is 0 Å². The van der Waals surface area contributed by atoms with E-state index in [9.17, 15) is 4.79 Å². The first-order valence-electron chi connectivity index (χ1n) is 9.58. The number of carbonyl (C=O) groups is 1. The van der Waals surface area contributed by atoms with Crippen molar-refractivity contribution >= 4 is 5.91 Å². The quantitative estimate of drug-likeness (QED) is 0.914. The van der Waals surface area contributed by atoms with Crippen molar-refractivity contribution in [2.45, 2.75) is 52.5 Å². The number of aromatic nitrogens is 2. The summed E-state index contributed by atoms with van der Waals surface area (Å²) < 4.78 is 1.91. The van der Waals surface area contributed by atoms with Gasteiger partial charge in [-0.05, 0) is 50.7 Å². The number of amides is 1. The van der Waals surface area contributed by atoms with Crippen molar-refractivity contribution in [3.8, 4) is 5.69 Å². The number of aryl methyl sites for hydroxylation is 1. The molecule has 3 rings (SSSR count). The summed E-state index contributed by atoms with van der Waals surface area (Å²) in [6.45, 7) is 9.86. The lowest BCUT2D eigenvalue weighted by molar-refractivity contribution is 0.0659. The van der Waals surface area contributed by atoms with E-state index < -0.39 is 0 Å². The minimum Gasteiger partial charge on any atom is -0.338 e. The monoisotopic (exact) mass is 354 g/mol. The normalized spacial score (nSPS) is 19.0. The fourth-order valence-corrected chi connectivity index (χ4v) is 3.76. The standard InChI is InChI=1S/C21H30N4O/c1-14(2)20-19(12-23-25(20)18-9-7-15(3)8-10-18)21(26)24-11-5-6-17(13-24)16(4)22/h7-10,12,14,16-17H,5-6,11,13,22H2,1-4H3. The third-order valence-electron chi connectivity index (χ3n) is 5.35. The van der Waals surface area contributed by atoms with Crippen LogP contribution in [0.15, 0.2) is 30.5 Å². The highest BCUT2D eigenvalue weighted by Gasteiger charge is 2.29. The Labute approximate surface area is 156 Å². The molecular weight excluding hydrogens is 324 g/mol. The maximum atomic E-state index is 13.2. The number of likely N-dealkylation sites (tertiary alicyclic amines) is 1. The van der Waals surface area contributed by atoms with Crippen LogP contribution in [0.25, 0.3) is 5.69 Å². The Bertz CT molecular complexity index is 761. The van der Waals surface area contributed by atoms with Crippen LogP contribution in [-0.2, 0) is 0 Å².